The van der Waals surface area contributed by atoms with Crippen LogP contribution in [0.2, 0.25) is 0 Å². The maximum absolute atomic E-state index is 14.5. The van der Waals surface area contributed by atoms with Crippen LogP contribution in [0, 0.1) is 11.7 Å². The van der Waals surface area contributed by atoms with E-state index in [9.17, 15) is 9.18 Å². The van der Waals surface area contributed by atoms with Crippen molar-refractivity contribution < 1.29 is 9.18 Å². The Morgan fingerprint density at radius 1 is 1.13 bits per heavy atom. The highest BCUT2D eigenvalue weighted by atomic mass is 19.1. The summed E-state index contributed by atoms with van der Waals surface area (Å²) in [6, 6.07) is 6.03. The standard InChI is InChI=1S/C23H36FN5O/c1-4-29(5-2)21-12-9-16(13-20(21)24)15-26-23(25-3)28-19-8-6-7-17(14-19)22(30)27-18-10-11-18/h9,12-13,17-19H,4-8,10-11,14-15H2,1-3H3,(H,27,30)(H2,25,26,28). The van der Waals surface area contributed by atoms with Crippen molar-refractivity contribution in [2.75, 3.05) is 25.0 Å². The van der Waals surface area contributed by atoms with Crippen LogP contribution in [0.3, 0.4) is 0 Å². The molecule has 1 amide bonds. The number of nitrogens with one attached hydrogen (secondary N) is 3. The molecule has 2 atom stereocenters. The van der Waals surface area contributed by atoms with Crippen molar-refractivity contribution in [3.05, 3.63) is 29.6 Å². The zero-order valence-electron chi connectivity index (χ0n) is 18.5. The van der Waals surface area contributed by atoms with Crippen molar-refractivity contribution in [3.63, 3.8) is 0 Å². The average molecular weight is 418 g/mol. The first kappa shape index (κ1) is 22.4. The predicted molar refractivity (Wildman–Crippen MR) is 120 cm³/mol. The van der Waals surface area contributed by atoms with Gasteiger partial charge in [-0.3, -0.25) is 9.79 Å². The molecule has 166 valence electrons. The third-order valence-electron chi connectivity index (χ3n) is 6.11. The maximum Gasteiger partial charge on any atom is 0.223 e. The van der Waals surface area contributed by atoms with Gasteiger partial charge in [-0.15, -0.1) is 0 Å². The lowest BCUT2D eigenvalue weighted by Crippen LogP contribution is -2.47. The summed E-state index contributed by atoms with van der Waals surface area (Å²) < 4.78 is 14.5. The van der Waals surface area contributed by atoms with Crippen LogP contribution in [0.1, 0.15) is 57.9 Å². The van der Waals surface area contributed by atoms with Crippen LogP contribution in [0.25, 0.3) is 0 Å². The van der Waals surface area contributed by atoms with Crippen LogP contribution in [-0.2, 0) is 11.3 Å². The molecule has 3 rings (SSSR count). The molecule has 0 spiro atoms. The smallest absolute Gasteiger partial charge is 0.223 e. The molecule has 0 aliphatic heterocycles. The number of anilines is 1. The molecule has 2 aliphatic rings. The summed E-state index contributed by atoms with van der Waals surface area (Å²) in [7, 11) is 1.74. The Balaban J connectivity index is 1.50. The largest absolute Gasteiger partial charge is 0.370 e. The van der Waals surface area contributed by atoms with E-state index in [4.69, 9.17) is 0 Å². The summed E-state index contributed by atoms with van der Waals surface area (Å²) in [4.78, 5) is 18.7. The lowest BCUT2D eigenvalue weighted by atomic mass is 9.85. The predicted octanol–water partition coefficient (Wildman–Crippen LogP) is 3.17. The summed E-state index contributed by atoms with van der Waals surface area (Å²) in [6.07, 6.45) is 6.09. The van der Waals surface area contributed by atoms with Gasteiger partial charge in [0, 0.05) is 44.7 Å². The third kappa shape index (κ3) is 6.09. The highest BCUT2D eigenvalue weighted by molar-refractivity contribution is 5.81. The fraction of sp³-hybridized carbons (Fsp3) is 0.652. The highest BCUT2D eigenvalue weighted by Crippen LogP contribution is 2.27. The van der Waals surface area contributed by atoms with E-state index in [0.717, 1.165) is 57.2 Å². The molecule has 1 aromatic rings. The third-order valence-corrected chi connectivity index (χ3v) is 6.11. The summed E-state index contributed by atoms with van der Waals surface area (Å²) in [5.74, 6) is 0.779. The summed E-state index contributed by atoms with van der Waals surface area (Å²) in [5.41, 5.74) is 1.51. The van der Waals surface area contributed by atoms with Crippen molar-refractivity contribution in [1.82, 2.24) is 16.0 Å². The van der Waals surface area contributed by atoms with Gasteiger partial charge >= 0.3 is 0 Å². The Bertz CT molecular complexity index is 745. The minimum absolute atomic E-state index is 0.0803. The normalized spacial score (nSPS) is 21.8. The van der Waals surface area contributed by atoms with Crippen LogP contribution in [0.4, 0.5) is 10.1 Å². The van der Waals surface area contributed by atoms with E-state index in [1.807, 2.05) is 30.9 Å². The van der Waals surface area contributed by atoms with Gasteiger partial charge in [-0.1, -0.05) is 12.5 Å². The number of benzene rings is 1. The number of halogens is 1. The minimum atomic E-state index is -0.197. The monoisotopic (exact) mass is 417 g/mol. The van der Waals surface area contributed by atoms with Gasteiger partial charge in [0.05, 0.1) is 5.69 Å². The number of guanidine groups is 1. The van der Waals surface area contributed by atoms with E-state index in [0.29, 0.717) is 24.2 Å². The van der Waals surface area contributed by atoms with Gasteiger partial charge < -0.3 is 20.9 Å². The van der Waals surface area contributed by atoms with E-state index < -0.39 is 0 Å². The van der Waals surface area contributed by atoms with Gasteiger partial charge in [0.25, 0.3) is 0 Å². The average Bonchev–Trinajstić information content (AvgIpc) is 3.57. The molecular formula is C23H36FN5O. The number of carbonyl (C=O) groups is 1. The van der Waals surface area contributed by atoms with Crippen LogP contribution in [-0.4, -0.2) is 44.1 Å². The van der Waals surface area contributed by atoms with Gasteiger partial charge in [0.1, 0.15) is 5.82 Å². The van der Waals surface area contributed by atoms with E-state index in [-0.39, 0.29) is 23.7 Å². The molecule has 6 nitrogen and oxygen atoms in total. The zero-order chi connectivity index (χ0) is 21.5. The molecule has 2 fully saturated rings. The molecule has 0 aromatic heterocycles. The van der Waals surface area contributed by atoms with Crippen molar-refractivity contribution in [3.8, 4) is 0 Å². The molecule has 1 aromatic carbocycles. The maximum atomic E-state index is 14.5. The number of carbonyl (C=O) groups excluding carboxylic acids is 1. The molecule has 30 heavy (non-hydrogen) atoms. The lowest BCUT2D eigenvalue weighted by molar-refractivity contribution is -0.126. The molecule has 0 radical (unpaired) electrons. The number of rotatable bonds is 8. The second-order valence-corrected chi connectivity index (χ2v) is 8.37. The van der Waals surface area contributed by atoms with Gasteiger partial charge in [-0.2, -0.15) is 0 Å². The molecule has 3 N–H and O–H groups in total. The van der Waals surface area contributed by atoms with Gasteiger partial charge in [-0.05, 0) is 63.6 Å². The molecule has 0 saturated heterocycles. The van der Waals surface area contributed by atoms with Crippen molar-refractivity contribution in [1.29, 1.82) is 0 Å². The van der Waals surface area contributed by atoms with Crippen LogP contribution in [0.5, 0.6) is 0 Å². The van der Waals surface area contributed by atoms with E-state index >= 15 is 0 Å². The molecule has 7 heteroatoms. The van der Waals surface area contributed by atoms with Crippen molar-refractivity contribution >= 4 is 17.6 Å². The van der Waals surface area contributed by atoms with Gasteiger partial charge in [0.15, 0.2) is 5.96 Å². The summed E-state index contributed by atoms with van der Waals surface area (Å²) >= 11 is 0. The first-order valence-corrected chi connectivity index (χ1v) is 11.3. The number of hydrogen-bond donors (Lipinski definition) is 3. The SMILES string of the molecule is CCN(CC)c1ccc(CNC(=NC)NC2CCCC(C(=O)NC3CC3)C2)cc1F. The molecule has 2 unspecified atom stereocenters. The van der Waals surface area contributed by atoms with Gasteiger partial charge in [-0.25, -0.2) is 4.39 Å². The highest BCUT2D eigenvalue weighted by Gasteiger charge is 2.31. The van der Waals surface area contributed by atoms with Crippen molar-refractivity contribution in [2.45, 2.75) is 71.0 Å². The second kappa shape index (κ2) is 10.6. The van der Waals surface area contributed by atoms with Crippen molar-refractivity contribution in [2.24, 2.45) is 10.9 Å². The summed E-state index contributed by atoms with van der Waals surface area (Å²) in [6.45, 7) is 6.11. The number of nitrogens with zero attached hydrogens (tertiary/aromatic N) is 2. The summed E-state index contributed by atoms with van der Waals surface area (Å²) in [5, 5.41) is 9.86. The quantitative estimate of drug-likeness (QED) is 0.449. The number of aliphatic imine (C=N–C) groups is 1. The number of hydrogen-bond acceptors (Lipinski definition) is 3. The van der Waals surface area contributed by atoms with E-state index in [1.165, 1.54) is 0 Å². The molecule has 2 saturated carbocycles. The Morgan fingerprint density at radius 3 is 2.53 bits per heavy atom. The topological polar surface area (TPSA) is 68.8 Å². The van der Waals surface area contributed by atoms with Crippen LogP contribution >= 0.6 is 0 Å². The van der Waals surface area contributed by atoms with E-state index in [1.54, 1.807) is 13.1 Å². The Labute approximate surface area is 179 Å². The molecular weight excluding hydrogens is 381 g/mol. The first-order chi connectivity index (χ1) is 14.5. The number of amides is 1. The first-order valence-electron chi connectivity index (χ1n) is 11.3. The van der Waals surface area contributed by atoms with Gasteiger partial charge in [0.2, 0.25) is 5.91 Å². The molecule has 2 aliphatic carbocycles. The van der Waals surface area contributed by atoms with Crippen LogP contribution < -0.4 is 20.9 Å². The zero-order valence-corrected chi connectivity index (χ0v) is 18.5. The minimum Gasteiger partial charge on any atom is -0.370 e. The Hall–Kier alpha value is -2.31. The van der Waals surface area contributed by atoms with E-state index in [2.05, 4.69) is 20.9 Å². The molecule has 0 heterocycles. The Kier molecular flexibility index (Phi) is 7.94. The fourth-order valence-corrected chi connectivity index (χ4v) is 4.16. The van der Waals surface area contributed by atoms with Crippen LogP contribution in [0.15, 0.2) is 23.2 Å². The second-order valence-electron chi connectivity index (χ2n) is 8.37. The lowest BCUT2D eigenvalue weighted by Gasteiger charge is -2.30. The Morgan fingerprint density at radius 2 is 1.90 bits per heavy atom. The molecule has 0 bridgehead atoms. The fourth-order valence-electron chi connectivity index (χ4n) is 4.16.